The van der Waals surface area contributed by atoms with Gasteiger partial charge in [-0.25, -0.2) is 4.98 Å². The van der Waals surface area contributed by atoms with Crippen LogP contribution >= 0.6 is 12.2 Å². The minimum atomic E-state index is -0.0473. The van der Waals surface area contributed by atoms with Crippen molar-refractivity contribution in [3.05, 3.63) is 23.4 Å². The number of anilines is 1. The molecular weight excluding hydrogens is 234 g/mol. The highest BCUT2D eigenvalue weighted by Gasteiger charge is 2.29. The van der Waals surface area contributed by atoms with Gasteiger partial charge in [-0.2, -0.15) is 0 Å². The third kappa shape index (κ3) is 2.92. The molecule has 0 aliphatic carbocycles. The van der Waals surface area contributed by atoms with Gasteiger partial charge in [0.1, 0.15) is 10.8 Å². The molecule has 0 amide bonds. The van der Waals surface area contributed by atoms with E-state index >= 15 is 0 Å². The average Bonchev–Trinajstić information content (AvgIpc) is 2.63. The summed E-state index contributed by atoms with van der Waals surface area (Å²) in [6, 6.07) is 3.78. The predicted octanol–water partition coefficient (Wildman–Crippen LogP) is 1.62. The van der Waals surface area contributed by atoms with E-state index in [1.54, 1.807) is 0 Å². The number of pyridine rings is 1. The highest BCUT2D eigenvalue weighted by Crippen LogP contribution is 2.23. The summed E-state index contributed by atoms with van der Waals surface area (Å²) in [7, 11) is 0. The first-order valence-corrected chi connectivity index (χ1v) is 6.04. The van der Waals surface area contributed by atoms with Crippen molar-refractivity contribution in [3.8, 4) is 0 Å². The van der Waals surface area contributed by atoms with Gasteiger partial charge < -0.3 is 15.8 Å². The predicted molar refractivity (Wildman–Crippen MR) is 72.3 cm³/mol. The first-order valence-electron chi connectivity index (χ1n) is 5.63. The van der Waals surface area contributed by atoms with Crippen molar-refractivity contribution in [3.63, 3.8) is 0 Å². The lowest BCUT2D eigenvalue weighted by Gasteiger charge is -2.24. The van der Waals surface area contributed by atoms with Crippen LogP contribution in [0.5, 0.6) is 0 Å². The van der Waals surface area contributed by atoms with E-state index in [2.05, 4.69) is 17.2 Å². The lowest BCUT2D eigenvalue weighted by molar-refractivity contribution is 0.185. The molecule has 0 saturated carbocycles. The summed E-state index contributed by atoms with van der Waals surface area (Å²) in [5.74, 6) is 0.806. The minimum absolute atomic E-state index is 0.0473. The molecule has 92 valence electrons. The number of rotatable bonds is 3. The number of nitrogens with two attached hydrogens (primary N) is 1. The van der Waals surface area contributed by atoms with Crippen molar-refractivity contribution in [2.75, 3.05) is 18.5 Å². The fourth-order valence-electron chi connectivity index (χ4n) is 1.95. The SMILES string of the molecule is Cc1cc(C(N)=S)cc(NC2(C)CCOC2)n1. The molecule has 0 spiro atoms. The maximum absolute atomic E-state index is 5.64. The normalized spacial score (nSPS) is 23.6. The first kappa shape index (κ1) is 12.3. The number of aryl methyl sites for hydroxylation is 1. The van der Waals surface area contributed by atoms with Crippen molar-refractivity contribution >= 4 is 23.0 Å². The van der Waals surface area contributed by atoms with Gasteiger partial charge in [0, 0.05) is 17.9 Å². The summed E-state index contributed by atoms with van der Waals surface area (Å²) in [6.07, 6.45) is 0.977. The van der Waals surface area contributed by atoms with Crippen LogP contribution < -0.4 is 11.1 Å². The van der Waals surface area contributed by atoms with Gasteiger partial charge >= 0.3 is 0 Å². The Bertz CT molecular complexity index is 441. The number of thiocarbonyl (C=S) groups is 1. The fourth-order valence-corrected chi connectivity index (χ4v) is 2.07. The molecule has 4 nitrogen and oxygen atoms in total. The summed E-state index contributed by atoms with van der Waals surface area (Å²) in [5.41, 5.74) is 7.34. The van der Waals surface area contributed by atoms with Crippen LogP contribution in [0.1, 0.15) is 24.6 Å². The summed E-state index contributed by atoms with van der Waals surface area (Å²) in [4.78, 5) is 4.84. The Morgan fingerprint density at radius 2 is 2.35 bits per heavy atom. The quantitative estimate of drug-likeness (QED) is 0.799. The molecule has 1 aromatic rings. The van der Waals surface area contributed by atoms with E-state index in [1.165, 1.54) is 0 Å². The van der Waals surface area contributed by atoms with Gasteiger partial charge in [-0.05, 0) is 32.4 Å². The Hall–Kier alpha value is -1.20. The number of ether oxygens (including phenoxy) is 1. The number of aromatic nitrogens is 1. The molecule has 1 aliphatic rings. The summed E-state index contributed by atoms with van der Waals surface area (Å²) in [5, 5.41) is 3.40. The highest BCUT2D eigenvalue weighted by atomic mass is 32.1. The summed E-state index contributed by atoms with van der Waals surface area (Å²) >= 11 is 4.99. The van der Waals surface area contributed by atoms with Gasteiger partial charge in [-0.1, -0.05) is 12.2 Å². The number of nitrogens with zero attached hydrogens (tertiary/aromatic N) is 1. The third-order valence-corrected chi connectivity index (χ3v) is 3.12. The summed E-state index contributed by atoms with van der Waals surface area (Å²) < 4.78 is 5.40. The Kier molecular flexibility index (Phi) is 3.31. The Morgan fingerprint density at radius 1 is 1.59 bits per heavy atom. The van der Waals surface area contributed by atoms with Crippen LogP contribution in [0.4, 0.5) is 5.82 Å². The van der Waals surface area contributed by atoms with Crippen molar-refractivity contribution in [2.24, 2.45) is 5.73 Å². The molecule has 1 fully saturated rings. The number of nitrogens with one attached hydrogen (secondary N) is 1. The van der Waals surface area contributed by atoms with Crippen LogP contribution in [0.25, 0.3) is 0 Å². The molecule has 1 atom stereocenters. The topological polar surface area (TPSA) is 60.2 Å². The van der Waals surface area contributed by atoms with E-state index in [-0.39, 0.29) is 5.54 Å². The van der Waals surface area contributed by atoms with Crippen molar-refractivity contribution in [1.82, 2.24) is 4.98 Å². The van der Waals surface area contributed by atoms with E-state index in [0.717, 1.165) is 30.1 Å². The molecule has 17 heavy (non-hydrogen) atoms. The molecule has 5 heteroatoms. The second-order valence-electron chi connectivity index (χ2n) is 4.73. The van der Waals surface area contributed by atoms with E-state index in [4.69, 9.17) is 22.7 Å². The fraction of sp³-hybridized carbons (Fsp3) is 0.500. The molecule has 1 aliphatic heterocycles. The van der Waals surface area contributed by atoms with Gasteiger partial charge in [0.15, 0.2) is 0 Å². The molecule has 1 unspecified atom stereocenters. The maximum Gasteiger partial charge on any atom is 0.127 e. The van der Waals surface area contributed by atoms with Gasteiger partial charge in [0.05, 0.1) is 12.1 Å². The zero-order chi connectivity index (χ0) is 12.5. The second-order valence-corrected chi connectivity index (χ2v) is 5.17. The Morgan fingerprint density at radius 3 is 2.94 bits per heavy atom. The standard InChI is InChI=1S/C12H17N3OS/c1-8-5-9(11(13)17)6-10(14-8)15-12(2)3-4-16-7-12/h5-6H,3-4,7H2,1-2H3,(H2,13,17)(H,14,15). The minimum Gasteiger partial charge on any atom is -0.389 e. The largest absolute Gasteiger partial charge is 0.389 e. The Balaban J connectivity index is 2.23. The molecule has 0 radical (unpaired) electrons. The third-order valence-electron chi connectivity index (χ3n) is 2.89. The van der Waals surface area contributed by atoms with Crippen LogP contribution in [0.3, 0.4) is 0 Å². The van der Waals surface area contributed by atoms with Gasteiger partial charge in [-0.3, -0.25) is 0 Å². The van der Waals surface area contributed by atoms with E-state index in [1.807, 2.05) is 19.1 Å². The molecule has 1 saturated heterocycles. The van der Waals surface area contributed by atoms with Crippen LogP contribution in [-0.4, -0.2) is 28.7 Å². The second kappa shape index (κ2) is 4.58. The lowest BCUT2D eigenvalue weighted by atomic mass is 10.0. The monoisotopic (exact) mass is 251 g/mol. The smallest absolute Gasteiger partial charge is 0.127 e. The average molecular weight is 251 g/mol. The van der Waals surface area contributed by atoms with Crippen LogP contribution in [0.15, 0.2) is 12.1 Å². The van der Waals surface area contributed by atoms with Crippen molar-refractivity contribution in [2.45, 2.75) is 25.8 Å². The van der Waals surface area contributed by atoms with Crippen molar-refractivity contribution in [1.29, 1.82) is 0 Å². The molecule has 1 aromatic heterocycles. The highest BCUT2D eigenvalue weighted by molar-refractivity contribution is 7.80. The molecular formula is C12H17N3OS. The number of hydrogen-bond donors (Lipinski definition) is 2. The van der Waals surface area contributed by atoms with E-state index in [0.29, 0.717) is 11.6 Å². The maximum atomic E-state index is 5.64. The van der Waals surface area contributed by atoms with Gasteiger partial charge in [-0.15, -0.1) is 0 Å². The zero-order valence-electron chi connectivity index (χ0n) is 10.1. The molecule has 0 bridgehead atoms. The van der Waals surface area contributed by atoms with Gasteiger partial charge in [0.25, 0.3) is 0 Å². The molecule has 0 aromatic carbocycles. The van der Waals surface area contributed by atoms with Crippen LogP contribution in [0, 0.1) is 6.92 Å². The Labute approximate surface area is 107 Å². The number of hydrogen-bond acceptors (Lipinski definition) is 4. The lowest BCUT2D eigenvalue weighted by Crippen LogP contribution is -2.35. The van der Waals surface area contributed by atoms with Gasteiger partial charge in [0.2, 0.25) is 0 Å². The van der Waals surface area contributed by atoms with Crippen molar-refractivity contribution < 1.29 is 4.74 Å². The van der Waals surface area contributed by atoms with E-state index in [9.17, 15) is 0 Å². The van der Waals surface area contributed by atoms with Crippen LogP contribution in [0.2, 0.25) is 0 Å². The van der Waals surface area contributed by atoms with E-state index < -0.39 is 0 Å². The molecule has 3 N–H and O–H groups in total. The molecule has 2 heterocycles. The first-order chi connectivity index (χ1) is 7.98. The zero-order valence-corrected chi connectivity index (χ0v) is 10.9. The summed E-state index contributed by atoms with van der Waals surface area (Å²) in [6.45, 7) is 5.55. The molecule has 2 rings (SSSR count). The van der Waals surface area contributed by atoms with Crippen LogP contribution in [-0.2, 0) is 4.74 Å².